The zero-order chi connectivity index (χ0) is 16.1. The highest BCUT2D eigenvalue weighted by molar-refractivity contribution is 7.10. The molecule has 3 aromatic rings. The van der Waals surface area contributed by atoms with Crippen molar-refractivity contribution >= 4 is 22.6 Å². The first-order chi connectivity index (χ1) is 11.2. The molecule has 7 heteroatoms. The first kappa shape index (κ1) is 15.1. The van der Waals surface area contributed by atoms with Gasteiger partial charge in [0, 0.05) is 17.1 Å². The molecule has 1 aromatic heterocycles. The van der Waals surface area contributed by atoms with E-state index in [2.05, 4.69) is 14.7 Å². The highest BCUT2D eigenvalue weighted by Gasteiger charge is 2.10. The maximum Gasteiger partial charge on any atom is 0.264 e. The summed E-state index contributed by atoms with van der Waals surface area (Å²) < 4.78 is 22.4. The Morgan fingerprint density at radius 3 is 2.61 bits per heavy atom. The van der Waals surface area contributed by atoms with Crippen molar-refractivity contribution in [3.63, 3.8) is 0 Å². The van der Waals surface area contributed by atoms with Gasteiger partial charge in [-0.15, -0.1) is 0 Å². The number of amides is 1. The fraction of sp³-hybridized carbons (Fsp3) is 0.0625. The molecule has 0 saturated carbocycles. The van der Waals surface area contributed by atoms with E-state index in [0.29, 0.717) is 22.3 Å². The van der Waals surface area contributed by atoms with Crippen molar-refractivity contribution in [2.75, 3.05) is 11.9 Å². The number of anilines is 1. The van der Waals surface area contributed by atoms with Gasteiger partial charge in [-0.05, 0) is 36.4 Å². The van der Waals surface area contributed by atoms with Gasteiger partial charge >= 0.3 is 0 Å². The zero-order valence-corrected chi connectivity index (χ0v) is 12.7. The first-order valence-electron chi connectivity index (χ1n) is 6.78. The summed E-state index contributed by atoms with van der Waals surface area (Å²) in [5.41, 5.74) is 0.684. The number of rotatable bonds is 5. The molecule has 0 radical (unpaired) electrons. The predicted octanol–water partition coefficient (Wildman–Crippen LogP) is 3.36. The van der Waals surface area contributed by atoms with Gasteiger partial charge < -0.3 is 4.74 Å². The third kappa shape index (κ3) is 4.10. The van der Waals surface area contributed by atoms with E-state index in [1.165, 1.54) is 12.1 Å². The lowest BCUT2D eigenvalue weighted by Gasteiger charge is -2.04. The van der Waals surface area contributed by atoms with Gasteiger partial charge in [0.2, 0.25) is 5.13 Å². The molecule has 0 atom stereocenters. The van der Waals surface area contributed by atoms with Crippen LogP contribution in [0.25, 0.3) is 11.4 Å². The molecule has 1 heterocycles. The minimum absolute atomic E-state index is 0.116. The largest absolute Gasteiger partial charge is 0.484 e. The van der Waals surface area contributed by atoms with Gasteiger partial charge in [0.05, 0.1) is 0 Å². The van der Waals surface area contributed by atoms with Crippen LogP contribution in [0.1, 0.15) is 0 Å². The van der Waals surface area contributed by atoms with Crippen LogP contribution in [-0.4, -0.2) is 21.9 Å². The van der Waals surface area contributed by atoms with Gasteiger partial charge in [0.1, 0.15) is 11.6 Å². The van der Waals surface area contributed by atoms with Crippen LogP contribution in [0.15, 0.2) is 54.6 Å². The lowest BCUT2D eigenvalue weighted by atomic mass is 10.2. The molecule has 1 N–H and O–H groups in total. The van der Waals surface area contributed by atoms with Crippen molar-refractivity contribution in [1.29, 1.82) is 0 Å². The van der Waals surface area contributed by atoms with E-state index in [4.69, 9.17) is 4.74 Å². The normalized spacial score (nSPS) is 10.3. The molecule has 5 nitrogen and oxygen atoms in total. The van der Waals surface area contributed by atoms with Crippen LogP contribution < -0.4 is 10.1 Å². The summed E-state index contributed by atoms with van der Waals surface area (Å²) in [5.74, 6) is 0.410. The number of nitrogens with one attached hydrogen (secondary N) is 1. The minimum Gasteiger partial charge on any atom is -0.484 e. The van der Waals surface area contributed by atoms with Gasteiger partial charge in [-0.25, -0.2) is 4.39 Å². The quantitative estimate of drug-likeness (QED) is 0.779. The first-order valence-corrected chi connectivity index (χ1v) is 7.55. The van der Waals surface area contributed by atoms with E-state index in [1.807, 2.05) is 18.2 Å². The number of nitrogens with zero attached hydrogens (tertiary/aromatic N) is 2. The van der Waals surface area contributed by atoms with Gasteiger partial charge in [-0.2, -0.15) is 9.36 Å². The zero-order valence-electron chi connectivity index (χ0n) is 11.9. The maximum atomic E-state index is 12.9. The Balaban J connectivity index is 1.58. The Labute approximate surface area is 135 Å². The molecule has 0 fully saturated rings. The Morgan fingerprint density at radius 1 is 1.13 bits per heavy atom. The number of ether oxygens (including phenoxy) is 1. The van der Waals surface area contributed by atoms with Crippen molar-refractivity contribution in [3.05, 3.63) is 60.4 Å². The fourth-order valence-corrected chi connectivity index (χ4v) is 2.42. The standard InChI is InChI=1S/C16H12FN3O2S/c17-12-8-6-11(7-9-12)15-19-16(23-20-15)18-14(21)10-22-13-4-2-1-3-5-13/h1-9H,10H2,(H,18,19,20,21). The molecular formula is C16H12FN3O2S. The van der Waals surface area contributed by atoms with Crippen LogP contribution in [0.3, 0.4) is 0 Å². The molecule has 3 rings (SSSR count). The van der Waals surface area contributed by atoms with E-state index in [1.54, 1.807) is 24.3 Å². The number of hydrogen-bond acceptors (Lipinski definition) is 5. The number of carbonyl (C=O) groups is 1. The summed E-state index contributed by atoms with van der Waals surface area (Å²) in [6.45, 7) is -0.116. The second-order valence-corrected chi connectivity index (χ2v) is 5.33. The molecule has 2 aromatic carbocycles. The van der Waals surface area contributed by atoms with Gasteiger partial charge in [0.15, 0.2) is 12.4 Å². The Hall–Kier alpha value is -2.80. The van der Waals surface area contributed by atoms with Crippen LogP contribution >= 0.6 is 11.5 Å². The van der Waals surface area contributed by atoms with Crippen molar-refractivity contribution in [2.24, 2.45) is 0 Å². The van der Waals surface area contributed by atoms with Crippen LogP contribution in [0.4, 0.5) is 9.52 Å². The number of hydrogen-bond donors (Lipinski definition) is 1. The molecule has 0 aliphatic carbocycles. The molecule has 0 aliphatic rings. The highest BCUT2D eigenvalue weighted by atomic mass is 32.1. The molecule has 0 unspecified atom stereocenters. The van der Waals surface area contributed by atoms with E-state index < -0.39 is 0 Å². The number of halogens is 1. The molecule has 1 amide bonds. The summed E-state index contributed by atoms with van der Waals surface area (Å²) in [7, 11) is 0. The fourth-order valence-electron chi connectivity index (χ4n) is 1.81. The lowest BCUT2D eigenvalue weighted by Crippen LogP contribution is -2.20. The SMILES string of the molecule is O=C(COc1ccccc1)Nc1nc(-c2ccc(F)cc2)ns1. The summed E-state index contributed by atoms with van der Waals surface area (Å²) in [4.78, 5) is 16.0. The van der Waals surface area contributed by atoms with E-state index in [9.17, 15) is 9.18 Å². The van der Waals surface area contributed by atoms with Crippen LogP contribution in [0, 0.1) is 5.82 Å². The van der Waals surface area contributed by atoms with Gasteiger partial charge in [-0.1, -0.05) is 18.2 Å². The third-order valence-corrected chi connectivity index (χ3v) is 3.52. The summed E-state index contributed by atoms with van der Waals surface area (Å²) in [6.07, 6.45) is 0. The van der Waals surface area contributed by atoms with Crippen molar-refractivity contribution in [2.45, 2.75) is 0 Å². The second kappa shape index (κ2) is 6.97. The number of carbonyl (C=O) groups excluding carboxylic acids is 1. The minimum atomic E-state index is -0.324. The lowest BCUT2D eigenvalue weighted by molar-refractivity contribution is -0.118. The monoisotopic (exact) mass is 329 g/mol. The average molecular weight is 329 g/mol. The smallest absolute Gasteiger partial charge is 0.264 e. The Kier molecular flexibility index (Phi) is 4.58. The molecular weight excluding hydrogens is 317 g/mol. The molecule has 0 bridgehead atoms. The molecule has 0 aliphatic heterocycles. The van der Waals surface area contributed by atoms with Gasteiger partial charge in [-0.3, -0.25) is 10.1 Å². The van der Waals surface area contributed by atoms with Gasteiger partial charge in [0.25, 0.3) is 5.91 Å². The molecule has 116 valence electrons. The number of benzene rings is 2. The predicted molar refractivity (Wildman–Crippen MR) is 85.9 cm³/mol. The van der Waals surface area contributed by atoms with E-state index in [-0.39, 0.29) is 18.3 Å². The van der Waals surface area contributed by atoms with Crippen LogP contribution in [0.5, 0.6) is 5.75 Å². The molecule has 23 heavy (non-hydrogen) atoms. The maximum absolute atomic E-state index is 12.9. The second-order valence-electron chi connectivity index (χ2n) is 4.58. The summed E-state index contributed by atoms with van der Waals surface area (Å²) >= 11 is 1.06. The third-order valence-electron chi connectivity index (χ3n) is 2.89. The number of aromatic nitrogens is 2. The highest BCUT2D eigenvalue weighted by Crippen LogP contribution is 2.21. The van der Waals surface area contributed by atoms with E-state index in [0.717, 1.165) is 11.5 Å². The van der Waals surface area contributed by atoms with Crippen molar-refractivity contribution in [1.82, 2.24) is 9.36 Å². The number of para-hydroxylation sites is 1. The molecule has 0 spiro atoms. The summed E-state index contributed by atoms with van der Waals surface area (Å²) in [6, 6.07) is 14.9. The topological polar surface area (TPSA) is 64.1 Å². The average Bonchev–Trinajstić information content (AvgIpc) is 3.03. The van der Waals surface area contributed by atoms with Crippen molar-refractivity contribution < 1.29 is 13.9 Å². The van der Waals surface area contributed by atoms with Crippen molar-refractivity contribution in [3.8, 4) is 17.1 Å². The van der Waals surface area contributed by atoms with Crippen LogP contribution in [-0.2, 0) is 4.79 Å². The molecule has 0 saturated heterocycles. The van der Waals surface area contributed by atoms with E-state index >= 15 is 0 Å². The summed E-state index contributed by atoms with van der Waals surface area (Å²) in [5, 5.41) is 2.99. The van der Waals surface area contributed by atoms with Crippen LogP contribution in [0.2, 0.25) is 0 Å². The Bertz CT molecular complexity index is 791. The Morgan fingerprint density at radius 2 is 1.87 bits per heavy atom.